The van der Waals surface area contributed by atoms with Crippen LogP contribution < -0.4 is 11.1 Å². The molecule has 2 aromatic rings. The third-order valence-corrected chi connectivity index (χ3v) is 2.81. The van der Waals surface area contributed by atoms with Gasteiger partial charge in [-0.3, -0.25) is 4.68 Å². The first kappa shape index (κ1) is 13.4. The van der Waals surface area contributed by atoms with Crippen LogP contribution in [0.15, 0.2) is 24.5 Å². The minimum absolute atomic E-state index is 0.0568. The molecule has 0 amide bonds. The number of nitrogens with zero attached hydrogens (tertiary/aromatic N) is 2. The first-order chi connectivity index (χ1) is 8.99. The van der Waals surface area contributed by atoms with Crippen molar-refractivity contribution in [1.29, 1.82) is 0 Å². The predicted octanol–water partition coefficient (Wildman–Crippen LogP) is 1.94. The Morgan fingerprint density at radius 1 is 1.42 bits per heavy atom. The predicted molar refractivity (Wildman–Crippen MR) is 72.8 cm³/mol. The van der Waals surface area contributed by atoms with Crippen LogP contribution in [0.3, 0.4) is 0 Å². The monoisotopic (exact) mass is 282 g/mol. The highest BCUT2D eigenvalue weighted by molar-refractivity contribution is 7.80. The molecule has 0 aliphatic rings. The molecule has 19 heavy (non-hydrogen) atoms. The number of nitrogens with two attached hydrogens (primary N) is 1. The zero-order chi connectivity index (χ0) is 14.0. The highest BCUT2D eigenvalue weighted by atomic mass is 32.1. The fourth-order valence-electron chi connectivity index (χ4n) is 1.64. The summed E-state index contributed by atoms with van der Waals surface area (Å²) in [6.45, 7) is 0.344. The van der Waals surface area contributed by atoms with Gasteiger partial charge in [-0.15, -0.1) is 0 Å². The van der Waals surface area contributed by atoms with Gasteiger partial charge in [0.05, 0.1) is 11.9 Å². The van der Waals surface area contributed by atoms with Crippen molar-refractivity contribution in [3.63, 3.8) is 0 Å². The van der Waals surface area contributed by atoms with E-state index in [9.17, 15) is 8.78 Å². The van der Waals surface area contributed by atoms with Crippen LogP contribution in [0.5, 0.6) is 0 Å². The van der Waals surface area contributed by atoms with Crippen molar-refractivity contribution < 1.29 is 8.78 Å². The number of benzene rings is 1. The molecule has 1 heterocycles. The van der Waals surface area contributed by atoms with Gasteiger partial charge in [-0.1, -0.05) is 12.2 Å². The van der Waals surface area contributed by atoms with E-state index in [1.807, 2.05) is 0 Å². The Balaban J connectivity index is 2.17. The summed E-state index contributed by atoms with van der Waals surface area (Å²) in [6, 6.07) is 2.76. The summed E-state index contributed by atoms with van der Waals surface area (Å²) in [5.74, 6) is -2.03. The molecule has 1 aromatic carbocycles. The molecule has 1 aromatic heterocycles. The maximum atomic E-state index is 13.8. The van der Waals surface area contributed by atoms with Crippen molar-refractivity contribution in [2.24, 2.45) is 12.8 Å². The minimum atomic E-state index is -1.04. The summed E-state index contributed by atoms with van der Waals surface area (Å²) < 4.78 is 29.0. The van der Waals surface area contributed by atoms with Crippen LogP contribution >= 0.6 is 12.2 Å². The van der Waals surface area contributed by atoms with E-state index >= 15 is 0 Å². The van der Waals surface area contributed by atoms with E-state index in [-0.39, 0.29) is 16.2 Å². The van der Waals surface area contributed by atoms with E-state index < -0.39 is 11.6 Å². The maximum absolute atomic E-state index is 13.8. The smallest absolute Gasteiger partial charge is 0.182 e. The molecule has 0 unspecified atom stereocenters. The molecule has 0 bridgehead atoms. The third kappa shape index (κ3) is 2.87. The first-order valence-corrected chi connectivity index (χ1v) is 5.89. The van der Waals surface area contributed by atoms with E-state index in [2.05, 4.69) is 22.6 Å². The summed E-state index contributed by atoms with van der Waals surface area (Å²) in [7, 11) is 1.78. The number of hydrogen-bond donors (Lipinski definition) is 2. The van der Waals surface area contributed by atoms with Crippen molar-refractivity contribution in [3.8, 4) is 0 Å². The lowest BCUT2D eigenvalue weighted by atomic mass is 10.1. The molecule has 0 atom stereocenters. The lowest BCUT2D eigenvalue weighted by molar-refractivity contribution is 0.509. The Hall–Kier alpha value is -2.02. The van der Waals surface area contributed by atoms with Gasteiger partial charge in [0.1, 0.15) is 4.99 Å². The summed E-state index contributed by atoms with van der Waals surface area (Å²) >= 11 is 4.64. The molecule has 7 heteroatoms. The number of rotatable bonds is 4. The third-order valence-electron chi connectivity index (χ3n) is 2.59. The lowest BCUT2D eigenvalue weighted by Gasteiger charge is -2.09. The Bertz CT molecular complexity index is 624. The van der Waals surface area contributed by atoms with E-state index in [0.29, 0.717) is 6.54 Å². The van der Waals surface area contributed by atoms with E-state index in [1.54, 1.807) is 24.1 Å². The summed E-state index contributed by atoms with van der Waals surface area (Å²) in [4.78, 5) is -0.171. The van der Waals surface area contributed by atoms with Crippen LogP contribution in [-0.4, -0.2) is 14.8 Å². The second kappa shape index (κ2) is 5.31. The number of thiocarbonyl (C=S) groups is 1. The van der Waals surface area contributed by atoms with Gasteiger partial charge >= 0.3 is 0 Å². The van der Waals surface area contributed by atoms with Crippen LogP contribution in [0.25, 0.3) is 0 Å². The average molecular weight is 282 g/mol. The van der Waals surface area contributed by atoms with Gasteiger partial charge in [0.15, 0.2) is 11.6 Å². The highest BCUT2D eigenvalue weighted by Crippen LogP contribution is 2.21. The molecule has 0 spiro atoms. The Morgan fingerprint density at radius 3 is 2.74 bits per heavy atom. The number of aromatic nitrogens is 2. The van der Waals surface area contributed by atoms with Gasteiger partial charge in [0.2, 0.25) is 0 Å². The summed E-state index contributed by atoms with van der Waals surface area (Å²) in [6.07, 6.45) is 3.43. The SMILES string of the molecule is Cn1cc(CNc2ccc(C(N)=S)c(F)c2F)cn1. The largest absolute Gasteiger partial charge is 0.389 e. The fraction of sp³-hybridized carbons (Fsp3) is 0.167. The van der Waals surface area contributed by atoms with Crippen LogP contribution in [0, 0.1) is 11.6 Å². The van der Waals surface area contributed by atoms with Crippen molar-refractivity contribution in [3.05, 3.63) is 47.3 Å². The number of aryl methyl sites for hydroxylation is 1. The molecule has 0 radical (unpaired) electrons. The molecule has 0 saturated heterocycles. The first-order valence-electron chi connectivity index (χ1n) is 5.48. The van der Waals surface area contributed by atoms with Crippen molar-refractivity contribution >= 4 is 22.9 Å². The fourth-order valence-corrected chi connectivity index (χ4v) is 1.79. The number of hydrogen-bond acceptors (Lipinski definition) is 3. The van der Waals surface area contributed by atoms with Crippen molar-refractivity contribution in [2.45, 2.75) is 6.54 Å². The molecule has 100 valence electrons. The van der Waals surface area contributed by atoms with E-state index in [1.165, 1.54) is 12.1 Å². The topological polar surface area (TPSA) is 55.9 Å². The molecule has 0 aliphatic heterocycles. The van der Waals surface area contributed by atoms with Gasteiger partial charge < -0.3 is 11.1 Å². The molecular formula is C12H12F2N4S. The Labute approximate surface area is 114 Å². The van der Waals surface area contributed by atoms with Crippen LogP contribution in [0.4, 0.5) is 14.5 Å². The van der Waals surface area contributed by atoms with E-state index in [0.717, 1.165) is 5.56 Å². The number of nitrogens with one attached hydrogen (secondary N) is 1. The number of halogens is 2. The standard InChI is InChI=1S/C12H12F2N4S/c1-18-6-7(5-17-18)4-16-9-3-2-8(12(15)19)10(13)11(9)14/h2-3,5-6,16H,4H2,1H3,(H2,15,19). The van der Waals surface area contributed by atoms with Crippen molar-refractivity contribution in [1.82, 2.24) is 9.78 Å². The van der Waals surface area contributed by atoms with Crippen LogP contribution in [0.2, 0.25) is 0 Å². The van der Waals surface area contributed by atoms with E-state index in [4.69, 9.17) is 5.73 Å². The van der Waals surface area contributed by atoms with Gasteiger partial charge in [-0.05, 0) is 12.1 Å². The molecule has 0 aliphatic carbocycles. The molecular weight excluding hydrogens is 270 g/mol. The van der Waals surface area contributed by atoms with Gasteiger partial charge in [-0.25, -0.2) is 8.78 Å². The molecule has 2 rings (SSSR count). The lowest BCUT2D eigenvalue weighted by Crippen LogP contribution is -2.13. The molecule has 0 saturated carbocycles. The molecule has 4 nitrogen and oxygen atoms in total. The highest BCUT2D eigenvalue weighted by Gasteiger charge is 2.14. The summed E-state index contributed by atoms with van der Waals surface area (Å²) in [5.41, 5.74) is 6.12. The van der Waals surface area contributed by atoms with Gasteiger partial charge in [0, 0.05) is 30.9 Å². The summed E-state index contributed by atoms with van der Waals surface area (Å²) in [5, 5.41) is 6.78. The van der Waals surface area contributed by atoms with Gasteiger partial charge in [-0.2, -0.15) is 5.10 Å². The van der Waals surface area contributed by atoms with Crippen LogP contribution in [0.1, 0.15) is 11.1 Å². The van der Waals surface area contributed by atoms with Gasteiger partial charge in [0.25, 0.3) is 0 Å². The minimum Gasteiger partial charge on any atom is -0.389 e. The molecule has 3 N–H and O–H groups in total. The number of anilines is 1. The molecule has 0 fully saturated rings. The second-order valence-electron chi connectivity index (χ2n) is 4.03. The quantitative estimate of drug-likeness (QED) is 0.842. The average Bonchev–Trinajstić information content (AvgIpc) is 2.76. The second-order valence-corrected chi connectivity index (χ2v) is 4.47. The van der Waals surface area contributed by atoms with Crippen LogP contribution in [-0.2, 0) is 13.6 Å². The normalized spacial score (nSPS) is 10.5. The Kier molecular flexibility index (Phi) is 3.75. The maximum Gasteiger partial charge on any atom is 0.182 e. The Morgan fingerprint density at radius 2 is 2.16 bits per heavy atom. The zero-order valence-corrected chi connectivity index (χ0v) is 11.0. The zero-order valence-electron chi connectivity index (χ0n) is 10.2. The van der Waals surface area contributed by atoms with Crippen molar-refractivity contribution in [2.75, 3.05) is 5.32 Å².